The molecule has 23 heavy (non-hydrogen) atoms. The fraction of sp³-hybridized carbons (Fsp3) is 0.167. The molecule has 0 aliphatic rings. The maximum absolute atomic E-state index is 11.4. The standard InChI is InChI=1S/C18H16N2O3/c21-18(22)16(11-10-13-6-2-1-3-7-13)23-17-12-19-14-8-4-5-9-15(14)20-17/h1-9,12,16H,10-11H2,(H,21,22). The van der Waals surface area contributed by atoms with Gasteiger partial charge in [-0.25, -0.2) is 14.8 Å². The van der Waals surface area contributed by atoms with Crippen molar-refractivity contribution in [2.45, 2.75) is 18.9 Å². The molecule has 0 saturated carbocycles. The van der Waals surface area contributed by atoms with Crippen molar-refractivity contribution >= 4 is 17.0 Å². The second-order valence-corrected chi connectivity index (χ2v) is 5.17. The van der Waals surface area contributed by atoms with Gasteiger partial charge in [0, 0.05) is 0 Å². The molecule has 0 amide bonds. The van der Waals surface area contributed by atoms with Crippen LogP contribution >= 0.6 is 0 Å². The number of aryl methyl sites for hydroxylation is 1. The van der Waals surface area contributed by atoms with Crippen molar-refractivity contribution in [3.05, 3.63) is 66.4 Å². The molecule has 0 fully saturated rings. The number of hydrogen-bond donors (Lipinski definition) is 1. The van der Waals surface area contributed by atoms with Crippen molar-refractivity contribution in [2.75, 3.05) is 0 Å². The van der Waals surface area contributed by atoms with E-state index in [1.807, 2.05) is 54.6 Å². The molecular formula is C18H16N2O3. The highest BCUT2D eigenvalue weighted by Gasteiger charge is 2.20. The van der Waals surface area contributed by atoms with Gasteiger partial charge in [-0.3, -0.25) is 0 Å². The molecule has 1 heterocycles. The summed E-state index contributed by atoms with van der Waals surface area (Å²) < 4.78 is 5.53. The summed E-state index contributed by atoms with van der Waals surface area (Å²) >= 11 is 0. The lowest BCUT2D eigenvalue weighted by Crippen LogP contribution is -2.28. The number of nitrogens with zero attached hydrogens (tertiary/aromatic N) is 2. The fourth-order valence-corrected chi connectivity index (χ4v) is 2.32. The van der Waals surface area contributed by atoms with Crippen LogP contribution in [0.3, 0.4) is 0 Å². The van der Waals surface area contributed by atoms with E-state index in [0.717, 1.165) is 11.1 Å². The van der Waals surface area contributed by atoms with Gasteiger partial charge in [0.25, 0.3) is 0 Å². The zero-order chi connectivity index (χ0) is 16.1. The number of carbonyl (C=O) groups is 1. The first-order chi connectivity index (χ1) is 11.2. The van der Waals surface area contributed by atoms with E-state index in [2.05, 4.69) is 9.97 Å². The molecule has 0 bridgehead atoms. The Kier molecular flexibility index (Phi) is 4.47. The second kappa shape index (κ2) is 6.87. The number of carboxylic acids is 1. The van der Waals surface area contributed by atoms with E-state index < -0.39 is 12.1 Å². The zero-order valence-corrected chi connectivity index (χ0v) is 12.4. The van der Waals surface area contributed by atoms with Gasteiger partial charge >= 0.3 is 5.97 Å². The third kappa shape index (κ3) is 3.83. The van der Waals surface area contributed by atoms with Crippen LogP contribution in [0.15, 0.2) is 60.8 Å². The van der Waals surface area contributed by atoms with Gasteiger partial charge < -0.3 is 9.84 Å². The summed E-state index contributed by atoms with van der Waals surface area (Å²) in [5.74, 6) is -0.778. The molecule has 5 heteroatoms. The van der Waals surface area contributed by atoms with Gasteiger partial charge in [-0.15, -0.1) is 0 Å². The predicted octanol–water partition coefficient (Wildman–Crippen LogP) is 3.09. The van der Waals surface area contributed by atoms with E-state index >= 15 is 0 Å². The van der Waals surface area contributed by atoms with E-state index in [1.54, 1.807) is 0 Å². The van der Waals surface area contributed by atoms with Crippen LogP contribution in [0.2, 0.25) is 0 Å². The quantitative estimate of drug-likeness (QED) is 0.757. The molecule has 5 nitrogen and oxygen atoms in total. The summed E-state index contributed by atoms with van der Waals surface area (Å²) in [6.45, 7) is 0. The smallest absolute Gasteiger partial charge is 0.344 e. The number of carboxylic acid groups (broad SMARTS) is 1. The molecule has 0 radical (unpaired) electrons. The highest BCUT2D eigenvalue weighted by atomic mass is 16.5. The van der Waals surface area contributed by atoms with Crippen LogP contribution in [0.5, 0.6) is 5.88 Å². The molecule has 3 rings (SSSR count). The van der Waals surface area contributed by atoms with Gasteiger partial charge in [-0.05, 0) is 30.5 Å². The Hall–Kier alpha value is -2.95. The minimum absolute atomic E-state index is 0.226. The summed E-state index contributed by atoms with van der Waals surface area (Å²) in [4.78, 5) is 20.0. The maximum atomic E-state index is 11.4. The van der Waals surface area contributed by atoms with Crippen LogP contribution in [0, 0.1) is 0 Å². The molecule has 116 valence electrons. The Bertz CT molecular complexity index is 805. The Morgan fingerprint density at radius 1 is 1.04 bits per heavy atom. The molecule has 1 atom stereocenters. The van der Waals surface area contributed by atoms with Gasteiger partial charge in [0.15, 0.2) is 6.10 Å². The number of rotatable bonds is 6. The van der Waals surface area contributed by atoms with E-state index in [1.165, 1.54) is 6.20 Å². The molecule has 0 saturated heterocycles. The van der Waals surface area contributed by atoms with Gasteiger partial charge in [-0.1, -0.05) is 42.5 Å². The highest BCUT2D eigenvalue weighted by Crippen LogP contribution is 2.16. The summed E-state index contributed by atoms with van der Waals surface area (Å²) in [6, 6.07) is 17.1. The molecule has 1 N–H and O–H groups in total. The molecule has 2 aromatic carbocycles. The summed E-state index contributed by atoms with van der Waals surface area (Å²) in [6.07, 6.45) is 1.50. The lowest BCUT2D eigenvalue weighted by Gasteiger charge is -2.14. The fourth-order valence-electron chi connectivity index (χ4n) is 2.32. The first-order valence-corrected chi connectivity index (χ1v) is 7.37. The number of ether oxygens (including phenoxy) is 1. The lowest BCUT2D eigenvalue weighted by atomic mass is 10.1. The monoisotopic (exact) mass is 308 g/mol. The average molecular weight is 308 g/mol. The molecule has 0 aliphatic heterocycles. The van der Waals surface area contributed by atoms with Gasteiger partial charge in [0.05, 0.1) is 17.2 Å². The van der Waals surface area contributed by atoms with Crippen molar-refractivity contribution in [3.63, 3.8) is 0 Å². The number of benzene rings is 2. The normalized spacial score (nSPS) is 12.0. The average Bonchev–Trinajstić information content (AvgIpc) is 2.59. The zero-order valence-electron chi connectivity index (χ0n) is 12.4. The number of aliphatic carboxylic acids is 1. The van der Waals surface area contributed by atoms with Crippen LogP contribution in [-0.4, -0.2) is 27.1 Å². The highest BCUT2D eigenvalue weighted by molar-refractivity contribution is 5.75. The first-order valence-electron chi connectivity index (χ1n) is 7.37. The van der Waals surface area contributed by atoms with E-state index in [-0.39, 0.29) is 5.88 Å². The Morgan fingerprint density at radius 3 is 2.48 bits per heavy atom. The van der Waals surface area contributed by atoms with Crippen molar-refractivity contribution in [3.8, 4) is 5.88 Å². The Balaban J connectivity index is 1.72. The van der Waals surface area contributed by atoms with Crippen LogP contribution in [0.25, 0.3) is 11.0 Å². The molecular weight excluding hydrogens is 292 g/mol. The van der Waals surface area contributed by atoms with E-state index in [0.29, 0.717) is 18.4 Å². The predicted molar refractivity (Wildman–Crippen MR) is 86.4 cm³/mol. The number of aromatic nitrogens is 2. The number of hydrogen-bond acceptors (Lipinski definition) is 4. The van der Waals surface area contributed by atoms with Gasteiger partial charge in [0.1, 0.15) is 0 Å². The lowest BCUT2D eigenvalue weighted by molar-refractivity contribution is -0.145. The van der Waals surface area contributed by atoms with E-state index in [9.17, 15) is 9.90 Å². The van der Waals surface area contributed by atoms with Crippen LogP contribution in [-0.2, 0) is 11.2 Å². The van der Waals surface area contributed by atoms with Gasteiger partial charge in [-0.2, -0.15) is 0 Å². The topological polar surface area (TPSA) is 72.3 Å². The van der Waals surface area contributed by atoms with Crippen molar-refractivity contribution in [1.82, 2.24) is 9.97 Å². The summed E-state index contributed by atoms with van der Waals surface area (Å²) in [5.41, 5.74) is 2.50. The van der Waals surface area contributed by atoms with Crippen molar-refractivity contribution in [2.24, 2.45) is 0 Å². The van der Waals surface area contributed by atoms with Crippen LogP contribution < -0.4 is 4.74 Å². The number of para-hydroxylation sites is 2. The SMILES string of the molecule is O=C(O)C(CCc1ccccc1)Oc1cnc2ccccc2n1. The third-order valence-corrected chi connectivity index (χ3v) is 3.50. The minimum atomic E-state index is -1.00. The maximum Gasteiger partial charge on any atom is 0.344 e. The van der Waals surface area contributed by atoms with Gasteiger partial charge in [0.2, 0.25) is 5.88 Å². The molecule has 0 aliphatic carbocycles. The number of fused-ring (bicyclic) bond motifs is 1. The molecule has 0 spiro atoms. The van der Waals surface area contributed by atoms with Crippen LogP contribution in [0.1, 0.15) is 12.0 Å². The first kappa shape index (κ1) is 15.0. The Labute approximate surface area is 133 Å². The largest absolute Gasteiger partial charge is 0.479 e. The minimum Gasteiger partial charge on any atom is -0.479 e. The van der Waals surface area contributed by atoms with Crippen molar-refractivity contribution < 1.29 is 14.6 Å². The van der Waals surface area contributed by atoms with E-state index in [4.69, 9.17) is 4.74 Å². The Morgan fingerprint density at radius 2 is 1.74 bits per heavy atom. The van der Waals surface area contributed by atoms with Crippen LogP contribution in [0.4, 0.5) is 0 Å². The second-order valence-electron chi connectivity index (χ2n) is 5.17. The summed E-state index contributed by atoms with van der Waals surface area (Å²) in [7, 11) is 0. The molecule has 3 aromatic rings. The third-order valence-electron chi connectivity index (χ3n) is 3.50. The molecule has 1 aromatic heterocycles. The molecule has 1 unspecified atom stereocenters. The summed E-state index contributed by atoms with van der Waals surface area (Å²) in [5, 5.41) is 9.35. The van der Waals surface area contributed by atoms with Crippen molar-refractivity contribution in [1.29, 1.82) is 0 Å².